The van der Waals surface area contributed by atoms with Gasteiger partial charge in [0.1, 0.15) is 5.01 Å². The summed E-state index contributed by atoms with van der Waals surface area (Å²) in [5, 5.41) is 5.67. The highest BCUT2D eigenvalue weighted by atomic mass is 32.2. The summed E-state index contributed by atoms with van der Waals surface area (Å²) in [7, 11) is 0. The zero-order valence-corrected chi connectivity index (χ0v) is 40.2. The van der Waals surface area contributed by atoms with Gasteiger partial charge in [0.2, 0.25) is 5.96 Å². The van der Waals surface area contributed by atoms with Crippen LogP contribution < -0.4 is 10.6 Å². The summed E-state index contributed by atoms with van der Waals surface area (Å²) in [5.41, 5.74) is 22.7. The van der Waals surface area contributed by atoms with Crippen molar-refractivity contribution in [3.63, 3.8) is 0 Å². The lowest BCUT2D eigenvalue weighted by Crippen LogP contribution is -2.30. The van der Waals surface area contributed by atoms with Crippen molar-refractivity contribution in [2.45, 2.75) is 29.1 Å². The molecule has 2 N–H and O–H groups in total. The van der Waals surface area contributed by atoms with Gasteiger partial charge in [-0.2, -0.15) is 0 Å². The topological polar surface area (TPSA) is 59.4 Å². The molecule has 0 unspecified atom stereocenters. The molecule has 10 aromatic carbocycles. The fourth-order valence-corrected chi connectivity index (χ4v) is 12.3. The van der Waals surface area contributed by atoms with Crippen LogP contribution in [-0.4, -0.2) is 15.5 Å². The minimum Gasteiger partial charge on any atom is -0.369 e. The first-order valence-electron chi connectivity index (χ1n) is 23.6. The molecule has 0 bridgehead atoms. The van der Waals surface area contributed by atoms with Crippen LogP contribution in [0.25, 0.3) is 75.6 Å². The number of hydrogen-bond donors (Lipinski definition) is 1. The van der Waals surface area contributed by atoms with Crippen molar-refractivity contribution in [1.29, 1.82) is 0 Å². The van der Waals surface area contributed by atoms with Crippen LogP contribution in [-0.2, 0) is 5.41 Å². The molecular weight excluding hydrogens is 891 g/mol. The van der Waals surface area contributed by atoms with E-state index < -0.39 is 0 Å². The van der Waals surface area contributed by atoms with Gasteiger partial charge in [0.15, 0.2) is 0 Å². The van der Waals surface area contributed by atoms with Crippen molar-refractivity contribution >= 4 is 94.6 Å². The monoisotopic (exact) mass is 935 g/mol. The van der Waals surface area contributed by atoms with E-state index >= 15 is 0 Å². The minimum atomic E-state index is -0.234. The summed E-state index contributed by atoms with van der Waals surface area (Å²) in [6.45, 7) is 4.69. The van der Waals surface area contributed by atoms with Crippen molar-refractivity contribution in [3.8, 4) is 32.8 Å². The maximum Gasteiger partial charge on any atom is 0.205 e. The first-order chi connectivity index (χ1) is 34.4. The second-order valence-electron chi connectivity index (χ2n) is 18.4. The van der Waals surface area contributed by atoms with Crippen molar-refractivity contribution in [2.75, 3.05) is 4.90 Å². The molecule has 0 atom stereocenters. The third kappa shape index (κ3) is 7.08. The van der Waals surface area contributed by atoms with Crippen LogP contribution in [0.2, 0.25) is 0 Å². The summed E-state index contributed by atoms with van der Waals surface area (Å²) < 4.78 is 3.23. The smallest absolute Gasteiger partial charge is 0.205 e. The van der Waals surface area contributed by atoms with Gasteiger partial charge in [-0.3, -0.25) is 4.57 Å². The largest absolute Gasteiger partial charge is 0.369 e. The van der Waals surface area contributed by atoms with E-state index in [0.717, 1.165) is 74.9 Å². The lowest BCUT2D eigenvalue weighted by molar-refractivity contribution is 0.632. The van der Waals surface area contributed by atoms with E-state index in [1.54, 1.807) is 23.1 Å². The van der Waals surface area contributed by atoms with E-state index in [1.807, 2.05) is 18.2 Å². The number of aliphatic imine (C=N–C) groups is 1. The Kier molecular flexibility index (Phi) is 10.0. The van der Waals surface area contributed by atoms with Gasteiger partial charge < -0.3 is 10.6 Å². The third-order valence-corrected chi connectivity index (χ3v) is 16.0. The maximum atomic E-state index is 7.27. The van der Waals surface area contributed by atoms with Crippen LogP contribution in [0.3, 0.4) is 0 Å². The first kappa shape index (κ1) is 41.9. The van der Waals surface area contributed by atoms with Crippen LogP contribution in [0.1, 0.15) is 25.0 Å². The molecule has 5 nitrogen and oxygen atoms in total. The highest BCUT2D eigenvalue weighted by Crippen LogP contribution is 2.53. The van der Waals surface area contributed by atoms with Crippen molar-refractivity contribution in [1.82, 2.24) is 9.55 Å². The summed E-state index contributed by atoms with van der Waals surface area (Å²) in [6, 6.07) is 80.2. The summed E-state index contributed by atoms with van der Waals surface area (Å²) in [4.78, 5) is 15.0. The Morgan fingerprint density at radius 3 is 2.07 bits per heavy atom. The minimum absolute atomic E-state index is 0.234. The molecule has 0 fully saturated rings. The Balaban J connectivity index is 0.919. The number of rotatable bonds is 7. The quantitative estimate of drug-likeness (QED) is 0.128. The SMILES string of the molecule is CC1(C)c2ccccc2N(c2ccccc2)c2ccc(-c3ccc4c(c3)c3cc5sc(-c6ccccc6)nc5cc3n4C(N)=Nc3ccccc3Sc3ccc(-c4cccc5ccccc45)cc3)cc21. The highest BCUT2D eigenvalue weighted by molar-refractivity contribution is 7.99. The molecule has 0 saturated heterocycles. The Hall–Kier alpha value is -8.23. The zero-order chi connectivity index (χ0) is 46.9. The van der Waals surface area contributed by atoms with E-state index in [1.165, 1.54) is 44.4 Å². The predicted octanol–water partition coefficient (Wildman–Crippen LogP) is 17.3. The lowest BCUT2D eigenvalue weighted by Gasteiger charge is -2.42. The summed E-state index contributed by atoms with van der Waals surface area (Å²) in [6.07, 6.45) is 0. The number of fused-ring (bicyclic) bond motifs is 7. The standard InChI is InChI=1S/C63H45N5S2/c1-63(2)51-24-11-13-26-56(51)67(45-20-7-4-8-21-45)57-35-31-44(37-52(57)63)43-30-34-55-49(36-43)50-38-60-54(65-61(70-60)42-17-5-3-6-18-42)39-58(50)68(55)62(64)66-53-25-12-14-27-59(53)69-46-32-28-41(29-33-46)48-23-15-19-40-16-9-10-22-47(40)48/h3-39H,1-2H3,(H2,64,66). The van der Waals surface area contributed by atoms with Crippen LogP contribution in [0.4, 0.5) is 22.7 Å². The number of para-hydroxylation sites is 3. The van der Waals surface area contributed by atoms with Crippen LogP contribution in [0.5, 0.6) is 0 Å². The van der Waals surface area contributed by atoms with E-state index in [4.69, 9.17) is 15.7 Å². The molecule has 70 heavy (non-hydrogen) atoms. The van der Waals surface area contributed by atoms with E-state index in [2.05, 4.69) is 230 Å². The van der Waals surface area contributed by atoms with Crippen molar-refractivity contribution < 1.29 is 0 Å². The second kappa shape index (κ2) is 16.8. The molecule has 13 rings (SSSR count). The van der Waals surface area contributed by atoms with Gasteiger partial charge >= 0.3 is 0 Å². The van der Waals surface area contributed by atoms with Gasteiger partial charge in [-0.15, -0.1) is 11.3 Å². The summed E-state index contributed by atoms with van der Waals surface area (Å²) in [5.74, 6) is 0.389. The average molecular weight is 936 g/mol. The van der Waals surface area contributed by atoms with Gasteiger partial charge in [-0.05, 0) is 123 Å². The second-order valence-corrected chi connectivity index (χ2v) is 20.6. The molecular formula is C63H45N5S2. The van der Waals surface area contributed by atoms with Crippen LogP contribution in [0, 0.1) is 0 Å². The number of hydrogen-bond acceptors (Lipinski definition) is 5. The first-order valence-corrected chi connectivity index (χ1v) is 25.2. The van der Waals surface area contributed by atoms with Crippen LogP contribution >= 0.6 is 23.1 Å². The number of nitrogens with two attached hydrogens (primary N) is 1. The molecule has 7 heteroatoms. The fourth-order valence-electron chi connectivity index (χ4n) is 10.4. The Morgan fingerprint density at radius 2 is 1.21 bits per heavy atom. The molecule has 3 heterocycles. The van der Waals surface area contributed by atoms with Gasteiger partial charge in [-0.1, -0.05) is 171 Å². The Bertz CT molecular complexity index is 4010. The Labute approximate surface area is 414 Å². The average Bonchev–Trinajstić information content (AvgIpc) is 3.97. The molecule has 0 amide bonds. The molecule has 12 aromatic rings. The van der Waals surface area contributed by atoms with Gasteiger partial charge in [-0.25, -0.2) is 9.98 Å². The van der Waals surface area contributed by atoms with E-state index in [9.17, 15) is 0 Å². The summed E-state index contributed by atoms with van der Waals surface area (Å²) >= 11 is 3.41. The molecule has 0 aliphatic carbocycles. The van der Waals surface area contributed by atoms with Gasteiger partial charge in [0.05, 0.1) is 38.3 Å². The fraction of sp³-hybridized carbons (Fsp3) is 0.0476. The number of aromatic nitrogens is 2. The molecule has 0 radical (unpaired) electrons. The molecule has 1 aliphatic heterocycles. The van der Waals surface area contributed by atoms with E-state index in [0.29, 0.717) is 5.96 Å². The van der Waals surface area contributed by atoms with Crippen LogP contribution in [0.15, 0.2) is 239 Å². The normalized spacial score (nSPS) is 13.3. The molecule has 1 aliphatic rings. The highest BCUT2D eigenvalue weighted by Gasteiger charge is 2.37. The number of anilines is 3. The van der Waals surface area contributed by atoms with Gasteiger partial charge in [0.25, 0.3) is 0 Å². The molecule has 0 saturated carbocycles. The number of benzene rings is 10. The molecule has 334 valence electrons. The zero-order valence-electron chi connectivity index (χ0n) is 38.5. The van der Waals surface area contributed by atoms with Crippen molar-refractivity contribution in [3.05, 3.63) is 236 Å². The predicted molar refractivity (Wildman–Crippen MR) is 297 cm³/mol. The Morgan fingerprint density at radius 1 is 0.543 bits per heavy atom. The maximum absolute atomic E-state index is 7.27. The molecule has 2 aromatic heterocycles. The number of nitrogens with zero attached hydrogens (tertiary/aromatic N) is 4. The van der Waals surface area contributed by atoms with Crippen molar-refractivity contribution in [2.24, 2.45) is 10.7 Å². The lowest BCUT2D eigenvalue weighted by atomic mass is 9.73. The third-order valence-electron chi connectivity index (χ3n) is 13.9. The van der Waals surface area contributed by atoms with Gasteiger partial charge in [0, 0.05) is 37.2 Å². The number of thiazole rings is 1. The molecule has 0 spiro atoms. The van der Waals surface area contributed by atoms with E-state index in [-0.39, 0.29) is 5.41 Å².